The monoisotopic (exact) mass is 344 g/mol. The van der Waals surface area contributed by atoms with Crippen LogP contribution in [0.3, 0.4) is 0 Å². The molecule has 0 aromatic carbocycles. The number of nitrogens with zero attached hydrogens (tertiary/aromatic N) is 2. The summed E-state index contributed by atoms with van der Waals surface area (Å²) in [5, 5.41) is 6.03. The second-order valence-corrected chi connectivity index (χ2v) is 6.15. The van der Waals surface area contributed by atoms with Gasteiger partial charge in [-0.2, -0.15) is 0 Å². The van der Waals surface area contributed by atoms with Crippen LogP contribution in [-0.2, 0) is 0 Å². The minimum Gasteiger partial charge on any atom is -0.365 e. The fraction of sp³-hybridized carbons (Fsp3) is 0.353. The molecule has 2 aromatic rings. The van der Waals surface area contributed by atoms with Gasteiger partial charge in [-0.25, -0.2) is 9.37 Å². The Morgan fingerprint density at radius 3 is 2.76 bits per heavy atom. The summed E-state index contributed by atoms with van der Waals surface area (Å²) < 4.78 is 14.4. The number of primary amides is 1. The van der Waals surface area contributed by atoms with E-state index in [9.17, 15) is 9.18 Å². The number of halogens is 1. The van der Waals surface area contributed by atoms with E-state index in [0.29, 0.717) is 5.69 Å². The zero-order valence-corrected chi connectivity index (χ0v) is 13.7. The number of amides is 1. The topological polar surface area (TPSA) is 119 Å². The molecule has 0 saturated heterocycles. The maximum absolute atomic E-state index is 14.4. The molecule has 7 nitrogen and oxygen atoms in total. The van der Waals surface area contributed by atoms with Crippen molar-refractivity contribution in [1.82, 2.24) is 9.97 Å². The van der Waals surface area contributed by atoms with E-state index in [0.717, 1.165) is 31.7 Å². The molecule has 1 aliphatic carbocycles. The van der Waals surface area contributed by atoms with Crippen LogP contribution in [0.25, 0.3) is 0 Å². The molecule has 1 amide bonds. The van der Waals surface area contributed by atoms with Crippen LogP contribution in [0.5, 0.6) is 0 Å². The summed E-state index contributed by atoms with van der Waals surface area (Å²) in [4.78, 5) is 19.9. The summed E-state index contributed by atoms with van der Waals surface area (Å²) in [5.41, 5.74) is 12.0. The van der Waals surface area contributed by atoms with Crippen molar-refractivity contribution in [2.75, 3.05) is 10.6 Å². The van der Waals surface area contributed by atoms with Gasteiger partial charge in [0.05, 0.1) is 17.4 Å². The highest BCUT2D eigenvalue weighted by Crippen LogP contribution is 2.26. The number of hydrogen-bond acceptors (Lipinski definition) is 6. The van der Waals surface area contributed by atoms with Crippen LogP contribution in [-0.4, -0.2) is 28.0 Å². The summed E-state index contributed by atoms with van der Waals surface area (Å²) in [6.07, 6.45) is 7.04. The predicted molar refractivity (Wildman–Crippen MR) is 94.1 cm³/mol. The maximum Gasteiger partial charge on any atom is 0.252 e. The number of rotatable bonds is 5. The highest BCUT2D eigenvalue weighted by Gasteiger charge is 2.24. The van der Waals surface area contributed by atoms with E-state index in [1.807, 2.05) is 0 Å². The van der Waals surface area contributed by atoms with Crippen molar-refractivity contribution < 1.29 is 9.18 Å². The van der Waals surface area contributed by atoms with Gasteiger partial charge in [-0.05, 0) is 31.0 Å². The van der Waals surface area contributed by atoms with E-state index in [1.165, 1.54) is 0 Å². The van der Waals surface area contributed by atoms with E-state index in [1.54, 1.807) is 24.5 Å². The van der Waals surface area contributed by atoms with Gasteiger partial charge in [0.2, 0.25) is 0 Å². The van der Waals surface area contributed by atoms with Crippen molar-refractivity contribution in [2.24, 2.45) is 11.5 Å². The lowest BCUT2D eigenvalue weighted by molar-refractivity contribution is 0.100. The molecule has 8 heteroatoms. The molecular formula is C17H21FN6O. The molecule has 0 spiro atoms. The molecule has 0 radical (unpaired) electrons. The quantitative estimate of drug-likeness (QED) is 0.660. The smallest absolute Gasteiger partial charge is 0.252 e. The molecule has 132 valence electrons. The van der Waals surface area contributed by atoms with E-state index < -0.39 is 11.7 Å². The van der Waals surface area contributed by atoms with Crippen molar-refractivity contribution in [1.29, 1.82) is 0 Å². The van der Waals surface area contributed by atoms with Gasteiger partial charge in [0.1, 0.15) is 5.82 Å². The highest BCUT2D eigenvalue weighted by molar-refractivity contribution is 5.98. The standard InChI is InChI=1S/C17H21FN6O/c18-12-8-11(15(20)25)16(22-10-4-3-7-21-9-10)24-17(12)23-14-6-2-1-5-13(14)19/h3-4,7-9,13-14H,1-2,5-6,19H2,(H2,20,25)(H2,22,23,24)/t13-,14?/m0/s1. The molecule has 2 heterocycles. The first-order valence-corrected chi connectivity index (χ1v) is 8.24. The van der Waals surface area contributed by atoms with Crippen LogP contribution >= 0.6 is 0 Å². The van der Waals surface area contributed by atoms with Crippen LogP contribution in [0, 0.1) is 5.82 Å². The number of anilines is 3. The Morgan fingerprint density at radius 2 is 2.08 bits per heavy atom. The van der Waals surface area contributed by atoms with Gasteiger partial charge in [-0.1, -0.05) is 12.8 Å². The second-order valence-electron chi connectivity index (χ2n) is 6.15. The number of carbonyl (C=O) groups excluding carboxylic acids is 1. The number of nitrogens with one attached hydrogen (secondary N) is 2. The second kappa shape index (κ2) is 7.43. The molecule has 0 aliphatic heterocycles. The molecule has 2 aromatic heterocycles. The van der Waals surface area contributed by atoms with E-state index in [4.69, 9.17) is 11.5 Å². The van der Waals surface area contributed by atoms with E-state index in [2.05, 4.69) is 20.6 Å². The largest absolute Gasteiger partial charge is 0.365 e. The van der Waals surface area contributed by atoms with Crippen molar-refractivity contribution in [3.8, 4) is 0 Å². The van der Waals surface area contributed by atoms with Crippen LogP contribution in [0.2, 0.25) is 0 Å². The molecule has 2 atom stereocenters. The zero-order chi connectivity index (χ0) is 17.8. The lowest BCUT2D eigenvalue weighted by Crippen LogP contribution is -2.43. The summed E-state index contributed by atoms with van der Waals surface area (Å²) in [7, 11) is 0. The van der Waals surface area contributed by atoms with Gasteiger partial charge < -0.3 is 22.1 Å². The van der Waals surface area contributed by atoms with E-state index >= 15 is 0 Å². The average molecular weight is 344 g/mol. The third-order valence-corrected chi connectivity index (χ3v) is 4.31. The van der Waals surface area contributed by atoms with Gasteiger partial charge >= 0.3 is 0 Å². The van der Waals surface area contributed by atoms with Crippen LogP contribution in [0.1, 0.15) is 36.0 Å². The number of nitrogens with two attached hydrogens (primary N) is 2. The summed E-state index contributed by atoms with van der Waals surface area (Å²) >= 11 is 0. The molecule has 1 saturated carbocycles. The van der Waals surface area contributed by atoms with Crippen molar-refractivity contribution in [3.05, 3.63) is 42.0 Å². The third-order valence-electron chi connectivity index (χ3n) is 4.31. The minimum atomic E-state index is -0.765. The Morgan fingerprint density at radius 1 is 1.28 bits per heavy atom. The molecule has 3 rings (SSSR count). The van der Waals surface area contributed by atoms with Crippen molar-refractivity contribution in [3.63, 3.8) is 0 Å². The first kappa shape index (κ1) is 17.1. The number of aromatic nitrogens is 2. The summed E-state index contributed by atoms with van der Waals surface area (Å²) in [6, 6.07) is 4.47. The molecule has 1 unspecified atom stereocenters. The molecule has 1 fully saturated rings. The average Bonchev–Trinajstić information content (AvgIpc) is 2.60. The minimum absolute atomic E-state index is 0.0279. The number of pyridine rings is 2. The SMILES string of the molecule is NC(=O)c1cc(F)c(NC2CCCC[C@@H]2N)nc1Nc1cccnc1. The van der Waals surface area contributed by atoms with Gasteiger partial charge in [-0.15, -0.1) is 0 Å². The lowest BCUT2D eigenvalue weighted by Gasteiger charge is -2.30. The fourth-order valence-corrected chi connectivity index (χ4v) is 2.96. The number of carbonyl (C=O) groups is 1. The Hall–Kier alpha value is -2.74. The summed E-state index contributed by atoms with van der Waals surface area (Å²) in [5.74, 6) is -1.17. The molecule has 1 aliphatic rings. The Balaban J connectivity index is 1.91. The molecule has 0 bridgehead atoms. The normalized spacial score (nSPS) is 20.1. The first-order valence-electron chi connectivity index (χ1n) is 8.24. The fourth-order valence-electron chi connectivity index (χ4n) is 2.96. The van der Waals surface area contributed by atoms with E-state index in [-0.39, 0.29) is 29.3 Å². The van der Waals surface area contributed by atoms with Gasteiger partial charge in [-0.3, -0.25) is 9.78 Å². The first-order chi connectivity index (χ1) is 12.0. The molecule has 6 N–H and O–H groups in total. The van der Waals surface area contributed by atoms with Gasteiger partial charge in [0.15, 0.2) is 11.6 Å². The van der Waals surface area contributed by atoms with Crippen LogP contribution < -0.4 is 22.1 Å². The highest BCUT2D eigenvalue weighted by atomic mass is 19.1. The Labute approximate surface area is 145 Å². The Kier molecular flexibility index (Phi) is 5.08. The molecular weight excluding hydrogens is 323 g/mol. The maximum atomic E-state index is 14.4. The zero-order valence-electron chi connectivity index (χ0n) is 13.7. The van der Waals surface area contributed by atoms with Gasteiger partial charge in [0, 0.05) is 18.3 Å². The number of hydrogen-bond donors (Lipinski definition) is 4. The van der Waals surface area contributed by atoms with Crippen molar-refractivity contribution in [2.45, 2.75) is 37.8 Å². The molecule has 25 heavy (non-hydrogen) atoms. The van der Waals surface area contributed by atoms with Crippen LogP contribution in [0.4, 0.5) is 21.7 Å². The summed E-state index contributed by atoms with van der Waals surface area (Å²) in [6.45, 7) is 0. The van der Waals surface area contributed by atoms with Crippen molar-refractivity contribution >= 4 is 23.2 Å². The predicted octanol–water partition coefficient (Wildman–Crippen LogP) is 2.14. The third kappa shape index (κ3) is 4.03. The van der Waals surface area contributed by atoms with Gasteiger partial charge in [0.25, 0.3) is 5.91 Å². The lowest BCUT2D eigenvalue weighted by atomic mass is 9.91. The van der Waals surface area contributed by atoms with Crippen LogP contribution in [0.15, 0.2) is 30.6 Å². The Bertz CT molecular complexity index is 754.